The van der Waals surface area contributed by atoms with Crippen LogP contribution in [0.15, 0.2) is 33.1 Å². The number of nitrogens with zero attached hydrogens (tertiary/aromatic N) is 3. The molecule has 0 radical (unpaired) electrons. The molecule has 138 valence electrons. The average molecular weight is 400 g/mol. The number of aromatic nitrogens is 4. The van der Waals surface area contributed by atoms with Gasteiger partial charge in [-0.05, 0) is 45.0 Å². The first kappa shape index (κ1) is 17.7. The van der Waals surface area contributed by atoms with E-state index in [2.05, 4.69) is 25.7 Å². The van der Waals surface area contributed by atoms with Crippen molar-refractivity contribution in [1.82, 2.24) is 20.3 Å². The lowest BCUT2D eigenvalue weighted by Crippen LogP contribution is -2.12. The van der Waals surface area contributed by atoms with Gasteiger partial charge in [-0.15, -0.1) is 11.3 Å². The zero-order valence-corrected chi connectivity index (χ0v) is 16.6. The Morgan fingerprint density at radius 3 is 2.85 bits per heavy atom. The van der Waals surface area contributed by atoms with E-state index < -0.39 is 0 Å². The first-order chi connectivity index (χ1) is 13.0. The van der Waals surface area contributed by atoms with Crippen molar-refractivity contribution in [2.75, 3.05) is 5.32 Å². The number of benzene rings is 1. The van der Waals surface area contributed by atoms with E-state index in [9.17, 15) is 4.79 Å². The molecule has 0 saturated carbocycles. The zero-order valence-electron chi connectivity index (χ0n) is 15.0. The molecule has 0 unspecified atom stereocenters. The van der Waals surface area contributed by atoms with Crippen LogP contribution >= 0.6 is 23.1 Å². The van der Waals surface area contributed by atoms with Gasteiger partial charge in [-0.25, -0.2) is 4.98 Å². The molecule has 3 heterocycles. The van der Waals surface area contributed by atoms with E-state index in [4.69, 9.17) is 4.52 Å². The predicted molar refractivity (Wildman–Crippen MR) is 106 cm³/mol. The molecule has 0 fully saturated rings. The molecule has 7 nitrogen and oxygen atoms in total. The number of nitrogens with one attached hydrogen (secondary N) is 2. The summed E-state index contributed by atoms with van der Waals surface area (Å²) in [6.45, 7) is 5.72. The highest BCUT2D eigenvalue weighted by Gasteiger charge is 2.13. The standard InChI is InChI=1S/C18H17N5O2S2/c1-9-6-15(22-21-9)17(24)19-12-4-5-14-16(7-12)27-18(20-14)26-8-13-10(2)23-25-11(13)3/h4-7H,8H2,1-3H3,(H,19,24)(H,21,22). The molecule has 0 atom stereocenters. The molecule has 4 aromatic rings. The number of amides is 1. The first-order valence-electron chi connectivity index (χ1n) is 8.28. The smallest absolute Gasteiger partial charge is 0.276 e. The van der Waals surface area contributed by atoms with Crippen LogP contribution in [-0.2, 0) is 5.75 Å². The molecule has 0 saturated heterocycles. The van der Waals surface area contributed by atoms with Crippen LogP contribution in [-0.4, -0.2) is 26.2 Å². The van der Waals surface area contributed by atoms with Gasteiger partial charge in [0.05, 0.1) is 15.9 Å². The van der Waals surface area contributed by atoms with Crippen LogP contribution in [0, 0.1) is 20.8 Å². The topological polar surface area (TPSA) is 96.7 Å². The summed E-state index contributed by atoms with van der Waals surface area (Å²) < 4.78 is 7.19. The molecule has 2 N–H and O–H groups in total. The van der Waals surface area contributed by atoms with Crippen LogP contribution in [0.2, 0.25) is 0 Å². The number of aromatic amines is 1. The molecule has 0 aliphatic carbocycles. The van der Waals surface area contributed by atoms with Gasteiger partial charge >= 0.3 is 0 Å². The van der Waals surface area contributed by atoms with Gasteiger partial charge in [-0.3, -0.25) is 9.89 Å². The lowest BCUT2D eigenvalue weighted by Gasteiger charge is -2.02. The Kier molecular flexibility index (Phi) is 4.71. The van der Waals surface area contributed by atoms with E-state index in [1.165, 1.54) is 0 Å². The van der Waals surface area contributed by atoms with E-state index in [0.29, 0.717) is 5.69 Å². The van der Waals surface area contributed by atoms with E-state index >= 15 is 0 Å². The third-order valence-corrected chi connectivity index (χ3v) is 6.27. The fourth-order valence-electron chi connectivity index (χ4n) is 2.61. The number of thioether (sulfide) groups is 1. The van der Waals surface area contributed by atoms with Crippen LogP contribution in [0.4, 0.5) is 5.69 Å². The normalized spacial score (nSPS) is 11.2. The Bertz CT molecular complexity index is 1110. The maximum Gasteiger partial charge on any atom is 0.276 e. The SMILES string of the molecule is Cc1cc(C(=O)Nc2ccc3nc(SCc4c(C)noc4C)sc3c2)n[nH]1. The Hall–Kier alpha value is -2.65. The fraction of sp³-hybridized carbons (Fsp3) is 0.222. The summed E-state index contributed by atoms with van der Waals surface area (Å²) >= 11 is 3.26. The van der Waals surface area contributed by atoms with Crippen molar-refractivity contribution in [2.45, 2.75) is 30.9 Å². The number of fused-ring (bicyclic) bond motifs is 1. The Balaban J connectivity index is 1.49. The largest absolute Gasteiger partial charge is 0.361 e. The summed E-state index contributed by atoms with van der Waals surface area (Å²) in [5.74, 6) is 1.37. The van der Waals surface area contributed by atoms with Crippen molar-refractivity contribution in [1.29, 1.82) is 0 Å². The van der Waals surface area contributed by atoms with E-state index in [-0.39, 0.29) is 5.91 Å². The second kappa shape index (κ2) is 7.16. The van der Waals surface area contributed by atoms with Crippen molar-refractivity contribution < 1.29 is 9.32 Å². The number of H-pyrrole nitrogens is 1. The van der Waals surface area contributed by atoms with Crippen molar-refractivity contribution in [2.24, 2.45) is 0 Å². The quantitative estimate of drug-likeness (QED) is 0.480. The molecule has 4 rings (SSSR count). The maximum atomic E-state index is 12.2. The minimum absolute atomic E-state index is 0.240. The Morgan fingerprint density at radius 1 is 1.30 bits per heavy atom. The van der Waals surface area contributed by atoms with Crippen LogP contribution in [0.5, 0.6) is 0 Å². The molecular formula is C18H17N5O2S2. The van der Waals surface area contributed by atoms with Crippen LogP contribution in [0.3, 0.4) is 0 Å². The van der Waals surface area contributed by atoms with Gasteiger partial charge in [0.1, 0.15) is 5.76 Å². The number of rotatable bonds is 5. The predicted octanol–water partition coefficient (Wildman–Crippen LogP) is 4.48. The van der Waals surface area contributed by atoms with Crippen molar-refractivity contribution in [3.05, 3.63) is 52.7 Å². The molecule has 9 heteroatoms. The highest BCUT2D eigenvalue weighted by atomic mass is 32.2. The van der Waals surface area contributed by atoms with E-state index in [1.807, 2.05) is 39.0 Å². The molecular weight excluding hydrogens is 382 g/mol. The first-order valence-corrected chi connectivity index (χ1v) is 10.1. The lowest BCUT2D eigenvalue weighted by molar-refractivity contribution is 0.102. The second-order valence-corrected chi connectivity index (χ2v) is 8.40. The number of thiazole rings is 1. The molecule has 1 aromatic carbocycles. The summed E-state index contributed by atoms with van der Waals surface area (Å²) in [6, 6.07) is 7.41. The van der Waals surface area contributed by atoms with Gasteiger partial charge in [0.2, 0.25) is 0 Å². The Labute approximate surface area is 163 Å². The average Bonchev–Trinajstić information content (AvgIpc) is 3.32. The number of hydrogen-bond donors (Lipinski definition) is 2. The number of hydrogen-bond acceptors (Lipinski definition) is 7. The number of anilines is 1. The van der Waals surface area contributed by atoms with E-state index in [1.54, 1.807) is 29.2 Å². The zero-order chi connectivity index (χ0) is 19.0. The molecule has 0 spiro atoms. The van der Waals surface area contributed by atoms with Crippen molar-refractivity contribution in [3.63, 3.8) is 0 Å². The van der Waals surface area contributed by atoms with Gasteiger partial charge < -0.3 is 9.84 Å². The van der Waals surface area contributed by atoms with E-state index in [0.717, 1.165) is 48.7 Å². The van der Waals surface area contributed by atoms with Gasteiger partial charge in [0, 0.05) is 22.7 Å². The molecule has 0 bridgehead atoms. The van der Waals surface area contributed by atoms with Gasteiger partial charge in [-0.2, -0.15) is 5.10 Å². The summed E-state index contributed by atoms with van der Waals surface area (Å²) in [7, 11) is 0. The number of aryl methyl sites for hydroxylation is 3. The second-order valence-electron chi connectivity index (χ2n) is 6.14. The number of carbonyl (C=O) groups excluding carboxylic acids is 1. The minimum atomic E-state index is -0.240. The van der Waals surface area contributed by atoms with Crippen LogP contribution in [0.1, 0.15) is 33.2 Å². The fourth-order valence-corrected chi connectivity index (χ4v) is 4.88. The third-order valence-electron chi connectivity index (χ3n) is 4.09. The van der Waals surface area contributed by atoms with Crippen LogP contribution in [0.25, 0.3) is 10.2 Å². The lowest BCUT2D eigenvalue weighted by atomic mass is 10.2. The number of carbonyl (C=O) groups is 1. The maximum absolute atomic E-state index is 12.2. The minimum Gasteiger partial charge on any atom is -0.361 e. The molecule has 0 aliphatic rings. The highest BCUT2D eigenvalue weighted by molar-refractivity contribution is 8.00. The molecule has 3 aromatic heterocycles. The van der Waals surface area contributed by atoms with Crippen LogP contribution < -0.4 is 5.32 Å². The summed E-state index contributed by atoms with van der Waals surface area (Å²) in [6.07, 6.45) is 0. The third kappa shape index (κ3) is 3.74. The molecule has 0 aliphatic heterocycles. The molecule has 1 amide bonds. The van der Waals surface area contributed by atoms with Gasteiger partial charge in [-0.1, -0.05) is 16.9 Å². The van der Waals surface area contributed by atoms with Crippen molar-refractivity contribution in [3.8, 4) is 0 Å². The summed E-state index contributed by atoms with van der Waals surface area (Å²) in [5.41, 5.74) is 4.88. The monoisotopic (exact) mass is 399 g/mol. The Morgan fingerprint density at radius 2 is 2.15 bits per heavy atom. The van der Waals surface area contributed by atoms with Gasteiger partial charge in [0.15, 0.2) is 10.0 Å². The highest BCUT2D eigenvalue weighted by Crippen LogP contribution is 2.34. The van der Waals surface area contributed by atoms with Crippen molar-refractivity contribution >= 4 is 44.9 Å². The molecule has 27 heavy (non-hydrogen) atoms. The van der Waals surface area contributed by atoms with Gasteiger partial charge in [0.25, 0.3) is 5.91 Å². The summed E-state index contributed by atoms with van der Waals surface area (Å²) in [4.78, 5) is 16.9. The summed E-state index contributed by atoms with van der Waals surface area (Å²) in [5, 5.41) is 13.6.